The SMILES string of the molecule is O=S(=O)(Oc1c(F)cc(C2(c3cc(F)c(OS(=O)(=O)c4ccc(F)cc4)c(F)c3)c3ccccc3-c3ccccc32)cc1F)c1ccc(F)cc1. The molecule has 1 aliphatic carbocycles. The van der Waals surface area contributed by atoms with Crippen molar-refractivity contribution in [3.05, 3.63) is 178 Å². The summed E-state index contributed by atoms with van der Waals surface area (Å²) in [5.74, 6) is -10.1. The molecule has 6 aromatic carbocycles. The molecule has 0 saturated carbocycles. The zero-order chi connectivity index (χ0) is 36.3. The van der Waals surface area contributed by atoms with Crippen molar-refractivity contribution in [1.82, 2.24) is 0 Å². The summed E-state index contributed by atoms with van der Waals surface area (Å²) in [6.07, 6.45) is 0. The molecule has 0 saturated heterocycles. The van der Waals surface area contributed by atoms with Gasteiger partial charge < -0.3 is 8.37 Å². The number of hydrogen-bond acceptors (Lipinski definition) is 6. The lowest BCUT2D eigenvalue weighted by atomic mass is 9.67. The van der Waals surface area contributed by atoms with E-state index in [0.29, 0.717) is 22.3 Å². The number of halogens is 6. The number of fused-ring (bicyclic) bond motifs is 3. The first kappa shape index (κ1) is 33.9. The van der Waals surface area contributed by atoms with Gasteiger partial charge in [-0.3, -0.25) is 0 Å². The van der Waals surface area contributed by atoms with Gasteiger partial charge in [-0.15, -0.1) is 0 Å². The molecule has 7 rings (SSSR count). The molecule has 0 N–H and O–H groups in total. The van der Waals surface area contributed by atoms with Gasteiger partial charge in [0.25, 0.3) is 0 Å². The Hall–Kier alpha value is -5.60. The van der Waals surface area contributed by atoms with Gasteiger partial charge in [-0.2, -0.15) is 16.8 Å². The Morgan fingerprint density at radius 3 is 1.08 bits per heavy atom. The van der Waals surface area contributed by atoms with Crippen LogP contribution < -0.4 is 8.37 Å². The number of hydrogen-bond donors (Lipinski definition) is 0. The molecule has 1 aliphatic rings. The summed E-state index contributed by atoms with van der Waals surface area (Å²) in [7, 11) is -9.70. The van der Waals surface area contributed by atoms with Crippen LogP contribution in [0.1, 0.15) is 22.3 Å². The second-order valence-electron chi connectivity index (χ2n) is 11.4. The van der Waals surface area contributed by atoms with Gasteiger partial charge >= 0.3 is 20.2 Å². The van der Waals surface area contributed by atoms with E-state index in [9.17, 15) is 25.6 Å². The minimum Gasteiger partial charge on any atom is -0.373 e. The molecule has 51 heavy (non-hydrogen) atoms. The first-order valence-electron chi connectivity index (χ1n) is 14.8. The lowest BCUT2D eigenvalue weighted by Gasteiger charge is -2.34. The van der Waals surface area contributed by atoms with Crippen LogP contribution in [0.2, 0.25) is 0 Å². The summed E-state index contributed by atoms with van der Waals surface area (Å²) in [5.41, 5.74) is -0.644. The quantitative estimate of drug-likeness (QED) is 0.115. The maximum atomic E-state index is 16.0. The van der Waals surface area contributed by atoms with Crippen molar-refractivity contribution < 1.29 is 51.5 Å². The third-order valence-electron chi connectivity index (χ3n) is 8.41. The molecule has 14 heteroatoms. The fourth-order valence-electron chi connectivity index (χ4n) is 6.25. The van der Waals surface area contributed by atoms with Gasteiger partial charge in [0.05, 0.1) is 5.41 Å². The molecule has 0 atom stereocenters. The maximum Gasteiger partial charge on any atom is 0.339 e. The summed E-state index contributed by atoms with van der Waals surface area (Å²) >= 11 is 0. The first-order valence-corrected chi connectivity index (χ1v) is 17.6. The van der Waals surface area contributed by atoms with E-state index < -0.39 is 81.8 Å². The van der Waals surface area contributed by atoms with Crippen LogP contribution in [0.15, 0.2) is 131 Å². The number of rotatable bonds is 8. The lowest BCUT2D eigenvalue weighted by Crippen LogP contribution is -2.30. The molecule has 0 fully saturated rings. The van der Waals surface area contributed by atoms with Gasteiger partial charge in [-0.25, -0.2) is 26.3 Å². The average Bonchev–Trinajstić information content (AvgIpc) is 3.39. The zero-order valence-corrected chi connectivity index (χ0v) is 27.2. The van der Waals surface area contributed by atoms with Gasteiger partial charge in [0.2, 0.25) is 11.5 Å². The van der Waals surface area contributed by atoms with E-state index in [1.165, 1.54) is 0 Å². The molecule has 6 aromatic rings. The predicted molar refractivity (Wildman–Crippen MR) is 172 cm³/mol. The van der Waals surface area contributed by atoms with Gasteiger partial charge in [0.15, 0.2) is 23.3 Å². The second kappa shape index (κ2) is 12.3. The Morgan fingerprint density at radius 1 is 0.431 bits per heavy atom. The predicted octanol–water partition coefficient (Wildman–Crippen LogP) is 8.42. The highest BCUT2D eigenvalue weighted by Crippen LogP contribution is 2.57. The molecule has 0 bridgehead atoms. The molecular formula is C37H20F6O6S2. The summed E-state index contributed by atoms with van der Waals surface area (Å²) in [6.45, 7) is 0. The topological polar surface area (TPSA) is 86.7 Å². The smallest absolute Gasteiger partial charge is 0.339 e. The van der Waals surface area contributed by atoms with Crippen LogP contribution in [0.25, 0.3) is 11.1 Å². The van der Waals surface area contributed by atoms with Crippen molar-refractivity contribution in [2.75, 3.05) is 0 Å². The van der Waals surface area contributed by atoms with Crippen molar-refractivity contribution in [3.8, 4) is 22.6 Å². The largest absolute Gasteiger partial charge is 0.373 e. The minimum absolute atomic E-state index is 0.243. The minimum atomic E-state index is -4.85. The van der Waals surface area contributed by atoms with Crippen LogP contribution in [-0.4, -0.2) is 16.8 Å². The van der Waals surface area contributed by atoms with Crippen LogP contribution in [0.4, 0.5) is 26.3 Å². The summed E-state index contributed by atoms with van der Waals surface area (Å²) in [4.78, 5) is -1.17. The monoisotopic (exact) mass is 738 g/mol. The Kier molecular flexibility index (Phi) is 8.18. The second-order valence-corrected chi connectivity index (χ2v) is 14.5. The van der Waals surface area contributed by atoms with E-state index in [-0.39, 0.29) is 11.1 Å². The van der Waals surface area contributed by atoms with Crippen LogP contribution in [0, 0.1) is 34.9 Å². The van der Waals surface area contributed by atoms with Crippen LogP contribution in [0.5, 0.6) is 11.5 Å². The maximum absolute atomic E-state index is 16.0. The van der Waals surface area contributed by atoms with E-state index in [1.54, 1.807) is 48.5 Å². The first-order chi connectivity index (χ1) is 24.2. The van der Waals surface area contributed by atoms with Crippen molar-refractivity contribution in [3.63, 3.8) is 0 Å². The molecule has 0 radical (unpaired) electrons. The third-order valence-corrected chi connectivity index (χ3v) is 10.9. The average molecular weight is 739 g/mol. The molecule has 0 unspecified atom stereocenters. The van der Waals surface area contributed by atoms with E-state index in [2.05, 4.69) is 0 Å². The molecule has 0 aliphatic heterocycles. The van der Waals surface area contributed by atoms with Gasteiger partial charge in [0, 0.05) is 0 Å². The highest BCUT2D eigenvalue weighted by molar-refractivity contribution is 7.87. The van der Waals surface area contributed by atoms with Crippen molar-refractivity contribution >= 4 is 20.2 Å². The molecule has 258 valence electrons. The summed E-state index contributed by atoms with van der Waals surface area (Å²) in [5, 5.41) is 0. The van der Waals surface area contributed by atoms with Crippen LogP contribution in [0.3, 0.4) is 0 Å². The Bertz CT molecular complexity index is 2350. The highest BCUT2D eigenvalue weighted by atomic mass is 32.2. The normalized spacial score (nSPS) is 13.4. The molecule has 0 heterocycles. The Balaban J connectivity index is 1.41. The summed E-state index contributed by atoms with van der Waals surface area (Å²) in [6, 6.07) is 22.8. The van der Waals surface area contributed by atoms with Crippen LogP contribution >= 0.6 is 0 Å². The third kappa shape index (κ3) is 5.69. The van der Waals surface area contributed by atoms with Gasteiger partial charge in [-0.05, 0) is 106 Å². The summed E-state index contributed by atoms with van der Waals surface area (Å²) < 4.78 is 152. The van der Waals surface area contributed by atoms with Gasteiger partial charge in [0.1, 0.15) is 21.4 Å². The van der Waals surface area contributed by atoms with Crippen molar-refractivity contribution in [2.24, 2.45) is 0 Å². The fourth-order valence-corrected chi connectivity index (χ4v) is 8.14. The molecule has 6 nitrogen and oxygen atoms in total. The zero-order valence-electron chi connectivity index (χ0n) is 25.6. The van der Waals surface area contributed by atoms with Gasteiger partial charge in [-0.1, -0.05) is 48.5 Å². The molecular weight excluding hydrogens is 719 g/mol. The fraction of sp³-hybridized carbons (Fsp3) is 0.0270. The van der Waals surface area contributed by atoms with Crippen molar-refractivity contribution in [1.29, 1.82) is 0 Å². The Morgan fingerprint density at radius 2 is 0.745 bits per heavy atom. The van der Waals surface area contributed by atoms with E-state index in [1.807, 2.05) is 0 Å². The number of benzene rings is 6. The van der Waals surface area contributed by atoms with E-state index >= 15 is 17.6 Å². The Labute approximate surface area is 287 Å². The van der Waals surface area contributed by atoms with E-state index in [0.717, 1.165) is 72.8 Å². The van der Waals surface area contributed by atoms with Crippen LogP contribution in [-0.2, 0) is 25.7 Å². The molecule has 0 spiro atoms. The lowest BCUT2D eigenvalue weighted by molar-refractivity contribution is 0.430. The molecule has 0 amide bonds. The highest BCUT2D eigenvalue weighted by Gasteiger charge is 2.48. The standard InChI is InChI=1S/C37H20F6O6S2/c38-23-9-13-25(14-10-23)50(44,45)48-35-31(40)17-21(18-32(35)41)37(29-7-3-1-5-27(29)28-6-2-4-8-30(28)37)22-19-33(42)36(34(43)20-22)49-51(46,47)26-15-11-24(39)12-16-26/h1-20H. The molecule has 0 aromatic heterocycles. The van der Waals surface area contributed by atoms with Crippen molar-refractivity contribution in [2.45, 2.75) is 15.2 Å². The van der Waals surface area contributed by atoms with E-state index in [4.69, 9.17) is 8.37 Å².